The molecule has 0 aromatic heterocycles. The molecule has 0 bridgehead atoms. The highest BCUT2D eigenvalue weighted by atomic mass is 35.5. The number of rotatable bonds is 6. The van der Waals surface area contributed by atoms with Crippen molar-refractivity contribution < 1.29 is 4.79 Å². The standard InChI is InChI=1S/C10H19Cl2NO/c1-6(2)5-13-8(7(3)4)9(14)10(11)12/h6-8,10,13H,5H2,1-4H3. The van der Waals surface area contributed by atoms with E-state index in [-0.39, 0.29) is 17.7 Å². The van der Waals surface area contributed by atoms with E-state index in [1.54, 1.807) is 0 Å². The summed E-state index contributed by atoms with van der Waals surface area (Å²) in [5.41, 5.74) is 0. The highest BCUT2D eigenvalue weighted by Gasteiger charge is 2.26. The lowest BCUT2D eigenvalue weighted by atomic mass is 10.00. The quantitative estimate of drug-likeness (QED) is 0.723. The van der Waals surface area contributed by atoms with Gasteiger partial charge in [-0.25, -0.2) is 0 Å². The fourth-order valence-electron chi connectivity index (χ4n) is 1.16. The van der Waals surface area contributed by atoms with E-state index in [4.69, 9.17) is 23.2 Å². The first-order valence-corrected chi connectivity index (χ1v) is 5.78. The molecule has 0 aliphatic carbocycles. The fourth-order valence-corrected chi connectivity index (χ4v) is 1.43. The minimum atomic E-state index is -0.929. The topological polar surface area (TPSA) is 29.1 Å². The van der Waals surface area contributed by atoms with Gasteiger partial charge in [0, 0.05) is 0 Å². The molecule has 1 atom stereocenters. The Bertz CT molecular complexity index is 181. The van der Waals surface area contributed by atoms with Crippen LogP contribution >= 0.6 is 23.2 Å². The molecule has 1 unspecified atom stereocenters. The first-order valence-electron chi connectivity index (χ1n) is 4.91. The SMILES string of the molecule is CC(C)CNC(C(=O)C(Cl)Cl)C(C)C. The normalized spacial score (nSPS) is 14.1. The molecule has 0 fully saturated rings. The van der Waals surface area contributed by atoms with Crippen molar-refractivity contribution in [1.29, 1.82) is 0 Å². The molecule has 0 saturated carbocycles. The summed E-state index contributed by atoms with van der Waals surface area (Å²) in [4.78, 5) is 10.6. The Labute approximate surface area is 96.3 Å². The summed E-state index contributed by atoms with van der Waals surface area (Å²) in [6, 6.07) is -0.239. The molecule has 0 aromatic carbocycles. The maximum absolute atomic E-state index is 11.6. The third-order valence-corrected chi connectivity index (χ3v) is 2.36. The highest BCUT2D eigenvalue weighted by Crippen LogP contribution is 2.12. The van der Waals surface area contributed by atoms with Gasteiger partial charge in [-0.15, -0.1) is 0 Å². The van der Waals surface area contributed by atoms with Crippen LogP contribution in [0.4, 0.5) is 0 Å². The zero-order valence-electron chi connectivity index (χ0n) is 9.18. The lowest BCUT2D eigenvalue weighted by Gasteiger charge is -2.22. The molecule has 0 heterocycles. The van der Waals surface area contributed by atoms with Gasteiger partial charge in [-0.2, -0.15) is 0 Å². The van der Waals surface area contributed by atoms with Crippen LogP contribution in [0.1, 0.15) is 27.7 Å². The molecule has 84 valence electrons. The maximum atomic E-state index is 11.6. The Morgan fingerprint density at radius 3 is 2.00 bits per heavy atom. The molecular weight excluding hydrogens is 221 g/mol. The van der Waals surface area contributed by atoms with Crippen molar-refractivity contribution in [2.45, 2.75) is 38.6 Å². The summed E-state index contributed by atoms with van der Waals surface area (Å²) >= 11 is 11.1. The van der Waals surface area contributed by atoms with Crippen LogP contribution in [0.3, 0.4) is 0 Å². The molecule has 0 amide bonds. The molecule has 0 aliphatic heterocycles. The predicted octanol–water partition coefficient (Wildman–Crippen LogP) is 2.63. The molecular formula is C10H19Cl2NO. The van der Waals surface area contributed by atoms with Crippen LogP contribution in [0, 0.1) is 11.8 Å². The highest BCUT2D eigenvalue weighted by molar-refractivity contribution is 6.54. The Balaban J connectivity index is 4.23. The van der Waals surface area contributed by atoms with Gasteiger partial charge in [0.25, 0.3) is 0 Å². The predicted molar refractivity (Wildman–Crippen MR) is 62.0 cm³/mol. The van der Waals surface area contributed by atoms with Crippen molar-refractivity contribution >= 4 is 29.0 Å². The first-order chi connectivity index (χ1) is 6.36. The Morgan fingerprint density at radius 1 is 1.21 bits per heavy atom. The first kappa shape index (κ1) is 14.2. The molecule has 4 heteroatoms. The van der Waals surface area contributed by atoms with Gasteiger partial charge in [-0.05, 0) is 18.4 Å². The molecule has 0 spiro atoms. The van der Waals surface area contributed by atoms with Gasteiger partial charge in [0.05, 0.1) is 6.04 Å². The number of nitrogens with one attached hydrogen (secondary N) is 1. The summed E-state index contributed by atoms with van der Waals surface area (Å²) in [5, 5.41) is 3.18. The summed E-state index contributed by atoms with van der Waals surface area (Å²) in [6.45, 7) is 8.94. The van der Waals surface area contributed by atoms with Gasteiger partial charge in [0.1, 0.15) is 0 Å². The monoisotopic (exact) mass is 239 g/mol. The minimum Gasteiger partial charge on any atom is -0.307 e. The number of hydrogen-bond acceptors (Lipinski definition) is 2. The van der Waals surface area contributed by atoms with Gasteiger partial charge in [-0.3, -0.25) is 4.79 Å². The average molecular weight is 240 g/mol. The van der Waals surface area contributed by atoms with Crippen molar-refractivity contribution in [2.75, 3.05) is 6.54 Å². The van der Waals surface area contributed by atoms with E-state index < -0.39 is 4.84 Å². The van der Waals surface area contributed by atoms with Crippen molar-refractivity contribution in [2.24, 2.45) is 11.8 Å². The van der Waals surface area contributed by atoms with Gasteiger partial charge in [-0.1, -0.05) is 50.9 Å². The van der Waals surface area contributed by atoms with Gasteiger partial charge in [0.2, 0.25) is 0 Å². The van der Waals surface area contributed by atoms with Crippen LogP contribution < -0.4 is 5.32 Å². The molecule has 0 aromatic rings. The van der Waals surface area contributed by atoms with Crippen LogP contribution in [0.5, 0.6) is 0 Å². The second kappa shape index (κ2) is 6.65. The number of Topliss-reactive ketones (excluding diaryl/α,β-unsaturated/α-hetero) is 1. The third kappa shape index (κ3) is 5.18. The van der Waals surface area contributed by atoms with E-state index in [9.17, 15) is 4.79 Å². The molecule has 1 N–H and O–H groups in total. The zero-order valence-corrected chi connectivity index (χ0v) is 10.7. The van der Waals surface area contributed by atoms with Crippen molar-refractivity contribution in [3.8, 4) is 0 Å². The number of carbonyl (C=O) groups is 1. The molecule has 0 rings (SSSR count). The van der Waals surface area contributed by atoms with Crippen LogP contribution in [0.15, 0.2) is 0 Å². The van der Waals surface area contributed by atoms with Gasteiger partial charge < -0.3 is 5.32 Å². The van der Waals surface area contributed by atoms with E-state index >= 15 is 0 Å². The van der Waals surface area contributed by atoms with E-state index in [1.807, 2.05) is 13.8 Å². The molecule has 0 radical (unpaired) electrons. The summed E-state index contributed by atoms with van der Waals surface area (Å²) in [6.07, 6.45) is 0. The fraction of sp³-hybridized carbons (Fsp3) is 0.900. The second-order valence-corrected chi connectivity index (χ2v) is 5.32. The van der Waals surface area contributed by atoms with Crippen LogP contribution in [0.2, 0.25) is 0 Å². The van der Waals surface area contributed by atoms with Crippen LogP contribution in [-0.4, -0.2) is 23.2 Å². The number of ketones is 1. The molecule has 0 aliphatic rings. The van der Waals surface area contributed by atoms with Gasteiger partial charge >= 0.3 is 0 Å². The summed E-state index contributed by atoms with van der Waals surface area (Å²) in [5.74, 6) is 0.582. The maximum Gasteiger partial charge on any atom is 0.182 e. The minimum absolute atomic E-state index is 0.135. The Kier molecular flexibility index (Phi) is 6.75. The largest absolute Gasteiger partial charge is 0.307 e. The molecule has 14 heavy (non-hydrogen) atoms. The van der Waals surface area contributed by atoms with Crippen molar-refractivity contribution in [3.05, 3.63) is 0 Å². The average Bonchev–Trinajstić information content (AvgIpc) is 2.02. The van der Waals surface area contributed by atoms with Crippen LogP contribution in [0.25, 0.3) is 0 Å². The Morgan fingerprint density at radius 2 is 1.71 bits per heavy atom. The van der Waals surface area contributed by atoms with Crippen molar-refractivity contribution in [1.82, 2.24) is 5.32 Å². The smallest absolute Gasteiger partial charge is 0.182 e. The van der Waals surface area contributed by atoms with E-state index in [2.05, 4.69) is 19.2 Å². The lowest BCUT2D eigenvalue weighted by Crippen LogP contribution is -2.44. The molecule has 2 nitrogen and oxygen atoms in total. The number of alkyl halides is 2. The summed E-state index contributed by atoms with van der Waals surface area (Å²) in [7, 11) is 0. The van der Waals surface area contributed by atoms with E-state index in [1.165, 1.54) is 0 Å². The second-order valence-electron chi connectivity index (χ2n) is 4.23. The van der Waals surface area contributed by atoms with Crippen LogP contribution in [-0.2, 0) is 4.79 Å². The zero-order chi connectivity index (χ0) is 11.3. The number of carbonyl (C=O) groups excluding carboxylic acids is 1. The van der Waals surface area contributed by atoms with E-state index in [0.717, 1.165) is 6.54 Å². The van der Waals surface area contributed by atoms with E-state index in [0.29, 0.717) is 5.92 Å². The van der Waals surface area contributed by atoms with Gasteiger partial charge in [0.15, 0.2) is 10.6 Å². The lowest BCUT2D eigenvalue weighted by molar-refractivity contribution is -0.120. The third-order valence-electron chi connectivity index (χ3n) is 1.93. The van der Waals surface area contributed by atoms with Crippen molar-refractivity contribution in [3.63, 3.8) is 0 Å². The Hall–Kier alpha value is 0.210. The summed E-state index contributed by atoms with van der Waals surface area (Å²) < 4.78 is 0. The number of hydrogen-bond donors (Lipinski definition) is 1. The number of halogens is 2. The molecule has 0 saturated heterocycles.